The van der Waals surface area contributed by atoms with Crippen molar-refractivity contribution in [2.75, 3.05) is 57.4 Å². The summed E-state index contributed by atoms with van der Waals surface area (Å²) in [6.45, 7) is 5.93. The van der Waals surface area contributed by atoms with E-state index in [9.17, 15) is 5.11 Å². The third kappa shape index (κ3) is 2.86. The topological polar surface area (TPSA) is 72.6 Å². The van der Waals surface area contributed by atoms with Crippen LogP contribution in [0.25, 0.3) is 0 Å². The normalized spacial score (nSPS) is 21.6. The molecule has 0 spiro atoms. The van der Waals surface area contributed by atoms with E-state index < -0.39 is 0 Å². The zero-order valence-corrected chi connectivity index (χ0v) is 12.0. The largest absolute Gasteiger partial charge is 0.396 e. The van der Waals surface area contributed by atoms with Crippen LogP contribution in [-0.4, -0.2) is 67.5 Å². The zero-order chi connectivity index (χ0) is 14.7. The summed E-state index contributed by atoms with van der Waals surface area (Å²) in [6, 6.07) is 5.80. The molecule has 0 unspecified atom stereocenters. The molecule has 1 N–H and O–H groups in total. The van der Waals surface area contributed by atoms with Crippen LogP contribution in [0.4, 0.5) is 5.82 Å². The average molecular weight is 288 g/mol. The van der Waals surface area contributed by atoms with Gasteiger partial charge in [0, 0.05) is 38.9 Å². The Kier molecular flexibility index (Phi) is 4.06. The summed E-state index contributed by atoms with van der Waals surface area (Å²) in [7, 11) is 0. The molecule has 0 aliphatic carbocycles. The summed E-state index contributed by atoms with van der Waals surface area (Å²) in [5.41, 5.74) is 0.565. The van der Waals surface area contributed by atoms with Gasteiger partial charge in [0.1, 0.15) is 11.9 Å². The maximum atomic E-state index is 9.50. The van der Waals surface area contributed by atoms with Gasteiger partial charge in [-0.05, 0) is 12.1 Å². The predicted molar refractivity (Wildman–Crippen MR) is 77.9 cm³/mol. The minimum Gasteiger partial charge on any atom is -0.396 e. The molecular weight excluding hydrogens is 268 g/mol. The van der Waals surface area contributed by atoms with Crippen molar-refractivity contribution >= 4 is 5.82 Å². The Hall–Kier alpha value is -1.68. The molecule has 2 aliphatic rings. The number of aliphatic hydroxyl groups is 1. The van der Waals surface area contributed by atoms with Crippen molar-refractivity contribution in [2.24, 2.45) is 5.41 Å². The van der Waals surface area contributed by atoms with Gasteiger partial charge in [0.15, 0.2) is 0 Å². The summed E-state index contributed by atoms with van der Waals surface area (Å²) in [5.74, 6) is 0.781. The molecule has 3 heterocycles. The number of rotatable bonds is 4. The molecule has 1 aromatic heterocycles. The first kappa shape index (κ1) is 14.3. The number of hydrogen-bond donors (Lipinski definition) is 1. The number of aliphatic hydroxyl groups excluding tert-OH is 1. The van der Waals surface area contributed by atoms with Gasteiger partial charge in [0.2, 0.25) is 0 Å². The van der Waals surface area contributed by atoms with Crippen LogP contribution in [0, 0.1) is 16.7 Å². The fourth-order valence-corrected chi connectivity index (χ4v) is 2.95. The van der Waals surface area contributed by atoms with Crippen LogP contribution >= 0.6 is 0 Å². The lowest BCUT2D eigenvalue weighted by atomic mass is 9.86. The molecule has 0 radical (unpaired) electrons. The molecule has 21 heavy (non-hydrogen) atoms. The van der Waals surface area contributed by atoms with Crippen molar-refractivity contribution in [3.8, 4) is 6.07 Å². The third-order valence-corrected chi connectivity index (χ3v) is 4.29. The lowest BCUT2D eigenvalue weighted by Gasteiger charge is -2.45. The highest BCUT2D eigenvalue weighted by Gasteiger charge is 2.40. The molecule has 1 aromatic rings. The second-order valence-electron chi connectivity index (χ2n) is 5.90. The van der Waals surface area contributed by atoms with Crippen LogP contribution in [0.5, 0.6) is 0 Å². The average Bonchev–Trinajstić information content (AvgIpc) is 2.51. The highest BCUT2D eigenvalue weighted by atomic mass is 16.5. The number of anilines is 1. The number of ether oxygens (including phenoxy) is 1. The smallest absolute Gasteiger partial charge is 0.146 e. The Morgan fingerprint density at radius 1 is 1.33 bits per heavy atom. The van der Waals surface area contributed by atoms with Crippen molar-refractivity contribution < 1.29 is 9.84 Å². The maximum absolute atomic E-state index is 9.50. The Balaban J connectivity index is 1.59. The number of nitriles is 1. The first-order chi connectivity index (χ1) is 10.3. The van der Waals surface area contributed by atoms with E-state index in [0.29, 0.717) is 18.8 Å². The SMILES string of the molecule is N#Cc1cccnc1N1CCN(CC2(CO)COC2)CC1. The minimum atomic E-state index is -0.0645. The highest BCUT2D eigenvalue weighted by Crippen LogP contribution is 2.28. The molecule has 3 rings (SSSR count). The second kappa shape index (κ2) is 5.98. The summed E-state index contributed by atoms with van der Waals surface area (Å²) in [4.78, 5) is 8.87. The molecule has 0 saturated carbocycles. The lowest BCUT2D eigenvalue weighted by molar-refractivity contribution is -0.148. The Morgan fingerprint density at radius 3 is 2.67 bits per heavy atom. The number of pyridine rings is 1. The van der Waals surface area contributed by atoms with E-state index in [-0.39, 0.29) is 12.0 Å². The molecule has 0 bridgehead atoms. The molecule has 0 amide bonds. The number of aromatic nitrogens is 1. The van der Waals surface area contributed by atoms with E-state index in [0.717, 1.165) is 38.5 Å². The van der Waals surface area contributed by atoms with E-state index in [1.807, 2.05) is 0 Å². The van der Waals surface area contributed by atoms with E-state index in [1.54, 1.807) is 18.3 Å². The molecule has 6 heteroatoms. The van der Waals surface area contributed by atoms with Gasteiger partial charge in [-0.2, -0.15) is 5.26 Å². The predicted octanol–water partition coefficient (Wildman–Crippen LogP) is 0.0842. The van der Waals surface area contributed by atoms with Gasteiger partial charge in [-0.1, -0.05) is 0 Å². The summed E-state index contributed by atoms with van der Waals surface area (Å²) in [6.07, 6.45) is 1.73. The van der Waals surface area contributed by atoms with E-state index in [2.05, 4.69) is 20.9 Å². The van der Waals surface area contributed by atoms with E-state index >= 15 is 0 Å². The summed E-state index contributed by atoms with van der Waals surface area (Å²) >= 11 is 0. The van der Waals surface area contributed by atoms with Gasteiger partial charge in [0.25, 0.3) is 0 Å². The lowest BCUT2D eigenvalue weighted by Crippen LogP contribution is -2.57. The fraction of sp³-hybridized carbons (Fsp3) is 0.600. The maximum Gasteiger partial charge on any atom is 0.146 e. The molecule has 0 atom stereocenters. The van der Waals surface area contributed by atoms with Crippen LogP contribution in [0.3, 0.4) is 0 Å². The Morgan fingerprint density at radius 2 is 2.10 bits per heavy atom. The molecule has 0 aromatic carbocycles. The third-order valence-electron chi connectivity index (χ3n) is 4.29. The van der Waals surface area contributed by atoms with Crippen LogP contribution in [-0.2, 0) is 4.74 Å². The number of piperazine rings is 1. The summed E-state index contributed by atoms with van der Waals surface area (Å²) < 4.78 is 5.25. The molecule has 112 valence electrons. The van der Waals surface area contributed by atoms with E-state index in [4.69, 9.17) is 10.00 Å². The van der Waals surface area contributed by atoms with Gasteiger partial charge in [-0.3, -0.25) is 4.90 Å². The molecule has 2 fully saturated rings. The van der Waals surface area contributed by atoms with Crippen LogP contribution in [0.2, 0.25) is 0 Å². The highest BCUT2D eigenvalue weighted by molar-refractivity contribution is 5.53. The first-order valence-corrected chi connectivity index (χ1v) is 7.27. The van der Waals surface area contributed by atoms with Crippen LogP contribution in [0.15, 0.2) is 18.3 Å². The minimum absolute atomic E-state index is 0.0645. The fourth-order valence-electron chi connectivity index (χ4n) is 2.95. The molecule has 2 aliphatic heterocycles. The molecular formula is C15H20N4O2. The zero-order valence-electron chi connectivity index (χ0n) is 12.0. The van der Waals surface area contributed by atoms with Gasteiger partial charge < -0.3 is 14.7 Å². The number of hydrogen-bond acceptors (Lipinski definition) is 6. The van der Waals surface area contributed by atoms with Crippen molar-refractivity contribution in [1.82, 2.24) is 9.88 Å². The van der Waals surface area contributed by atoms with Crippen molar-refractivity contribution in [1.29, 1.82) is 5.26 Å². The Bertz CT molecular complexity index is 525. The van der Waals surface area contributed by atoms with Crippen molar-refractivity contribution in [3.63, 3.8) is 0 Å². The van der Waals surface area contributed by atoms with Crippen molar-refractivity contribution in [3.05, 3.63) is 23.9 Å². The molecule has 2 saturated heterocycles. The first-order valence-electron chi connectivity index (χ1n) is 7.27. The van der Waals surface area contributed by atoms with Crippen LogP contribution < -0.4 is 4.90 Å². The van der Waals surface area contributed by atoms with Gasteiger partial charge in [-0.15, -0.1) is 0 Å². The van der Waals surface area contributed by atoms with Gasteiger partial charge in [0.05, 0.1) is 30.8 Å². The van der Waals surface area contributed by atoms with Gasteiger partial charge >= 0.3 is 0 Å². The van der Waals surface area contributed by atoms with E-state index in [1.165, 1.54) is 0 Å². The van der Waals surface area contributed by atoms with Crippen molar-refractivity contribution in [2.45, 2.75) is 0 Å². The second-order valence-corrected chi connectivity index (χ2v) is 5.90. The van der Waals surface area contributed by atoms with Crippen LogP contribution in [0.1, 0.15) is 5.56 Å². The monoisotopic (exact) mass is 288 g/mol. The molecule has 6 nitrogen and oxygen atoms in total. The van der Waals surface area contributed by atoms with Gasteiger partial charge in [-0.25, -0.2) is 4.98 Å². The standard InChI is InChI=1S/C15H20N4O2/c16-8-13-2-1-3-17-14(13)19-6-4-18(5-7-19)9-15(10-20)11-21-12-15/h1-3,20H,4-7,9-12H2. The Labute approximate surface area is 124 Å². The number of nitrogens with zero attached hydrogens (tertiary/aromatic N) is 4. The summed E-state index contributed by atoms with van der Waals surface area (Å²) in [5, 5.41) is 18.7. The quantitative estimate of drug-likeness (QED) is 0.846.